The van der Waals surface area contributed by atoms with Crippen LogP contribution >= 0.6 is 0 Å². The molecule has 0 radical (unpaired) electrons. The highest BCUT2D eigenvalue weighted by Crippen LogP contribution is 2.56. The molecule has 4 N–H and O–H groups in total. The molecular weight excluding hydrogens is 1390 g/mol. The van der Waals surface area contributed by atoms with E-state index < -0.39 is 40.4 Å². The van der Waals surface area contributed by atoms with Gasteiger partial charge < -0.3 is 49.8 Å². The zero-order valence-electron chi connectivity index (χ0n) is 64.4. The molecule has 0 unspecified atom stereocenters. The number of halogens is 4. The first-order chi connectivity index (χ1) is 52.1. The lowest BCUT2D eigenvalue weighted by atomic mass is 9.70. The highest BCUT2D eigenvalue weighted by atomic mass is 19.1. The first-order valence-electron chi connectivity index (χ1n) is 39.2. The normalized spacial score (nSPS) is 22.6. The van der Waals surface area contributed by atoms with Crippen LogP contribution in [-0.2, 0) is 25.2 Å². The van der Waals surface area contributed by atoms with Gasteiger partial charge in [-0.1, -0.05) is 43.5 Å². The number of benzene rings is 4. The highest BCUT2D eigenvalue weighted by Gasteiger charge is 2.58. The van der Waals surface area contributed by atoms with E-state index in [0.717, 1.165) is 123 Å². The smallest absolute Gasteiger partial charge is 0.410 e. The monoisotopic (exact) mass is 1490 g/mol. The Morgan fingerprint density at radius 1 is 0.550 bits per heavy atom. The summed E-state index contributed by atoms with van der Waals surface area (Å²) < 4.78 is 69.4. The number of amides is 5. The van der Waals surface area contributed by atoms with Crippen LogP contribution in [0.5, 0.6) is 0 Å². The Hall–Kier alpha value is -9.49. The molecular formula is C84H101F4N15O6. The summed E-state index contributed by atoms with van der Waals surface area (Å²) in [5.74, 6) is -0.606. The number of aromatic nitrogens is 6. The number of imidazole rings is 2. The summed E-state index contributed by atoms with van der Waals surface area (Å²) in [7, 11) is 3.08. The summed E-state index contributed by atoms with van der Waals surface area (Å²) in [6.07, 6.45) is 13.6. The molecule has 2 atom stereocenters. The average molecular weight is 1490 g/mol. The van der Waals surface area contributed by atoms with E-state index in [-0.39, 0.29) is 71.3 Å². The van der Waals surface area contributed by atoms with Crippen LogP contribution in [0.1, 0.15) is 200 Å². The average Bonchev–Trinajstić information content (AvgIpc) is 1.56. The van der Waals surface area contributed by atoms with Crippen molar-refractivity contribution in [2.45, 2.75) is 224 Å². The molecule has 0 bridgehead atoms. The minimum atomic E-state index is -0.820. The largest absolute Gasteiger partial charge is 0.444 e. The Morgan fingerprint density at radius 2 is 0.972 bits per heavy atom. The standard InChI is InChI=1S/C44H54F2N8O4.C40H47F2N7O2/c1-25(2)53-24-48-36-22-34(49-39(38(36)53)50-35-21-31(40(55)47-7)26(3)17-33(35)46)27-10-11-32-37(18-27)54(30-19-29(20-30)52-14-8-9-28(45)23-52)41(56)44(32)12-15-51(16-13-44)42(57)58-43(4,5)6;1-23(2)48-22-44-34-20-32(45-37(36(34)48)46-33-19-29(38(50)43-4)24(3)15-31(33)42)25-10-11-30-35(16-25)49(39(51)40(30)12-6-5-7-13-40)28-17-27(18-28)47-14-8-9-26(41)21-47/h10-11,17-18,21-22,24-25,28-30H,8-9,12-16,19-20,23H2,1-7H3,(H,47,55)(H,49,50);10-11,15-16,19-20,22-23,26-28H,5-9,12-14,17-18,21H2,1-4H3,(H,43,50)(H,45,46)/t28-,29?,30?;26-,27?,28?/m11/s1. The molecule has 9 heterocycles. The number of nitrogens with one attached hydrogen (secondary N) is 4. The number of hydrogen-bond donors (Lipinski definition) is 4. The van der Waals surface area contributed by atoms with Gasteiger partial charge in [0.15, 0.2) is 11.6 Å². The van der Waals surface area contributed by atoms with E-state index in [1.165, 1.54) is 31.3 Å². The van der Waals surface area contributed by atoms with Gasteiger partial charge in [-0.05, 0) is 223 Å². The van der Waals surface area contributed by atoms with Crippen LogP contribution < -0.4 is 31.1 Å². The van der Waals surface area contributed by atoms with E-state index in [0.29, 0.717) is 120 Å². The maximum absolute atomic E-state index is 15.6. The molecule has 21 nitrogen and oxygen atoms in total. The third kappa shape index (κ3) is 13.8. The molecule has 6 fully saturated rings. The predicted octanol–water partition coefficient (Wildman–Crippen LogP) is 15.6. The lowest BCUT2D eigenvalue weighted by Gasteiger charge is -2.48. The van der Waals surface area contributed by atoms with Crippen LogP contribution in [-0.4, -0.2) is 169 Å². The van der Waals surface area contributed by atoms with E-state index in [2.05, 4.69) is 54.2 Å². The van der Waals surface area contributed by atoms with Crippen LogP contribution in [0.2, 0.25) is 0 Å². The highest BCUT2D eigenvalue weighted by molar-refractivity contribution is 6.11. The van der Waals surface area contributed by atoms with Crippen LogP contribution in [0.15, 0.2) is 85.5 Å². The van der Waals surface area contributed by atoms with Crippen LogP contribution in [0.4, 0.5) is 56.7 Å². The number of nitrogens with zero attached hydrogens (tertiary/aromatic N) is 11. The van der Waals surface area contributed by atoms with Crippen molar-refractivity contribution in [1.29, 1.82) is 0 Å². The summed E-state index contributed by atoms with van der Waals surface area (Å²) >= 11 is 0. The maximum Gasteiger partial charge on any atom is 0.410 e. The van der Waals surface area contributed by atoms with E-state index in [1.54, 1.807) is 38.4 Å². The van der Waals surface area contributed by atoms with Gasteiger partial charge >= 0.3 is 6.09 Å². The van der Waals surface area contributed by atoms with E-state index in [4.69, 9.17) is 24.7 Å². The zero-order valence-corrected chi connectivity index (χ0v) is 64.4. The molecule has 3 aliphatic carbocycles. The van der Waals surface area contributed by atoms with Crippen LogP contribution in [0.25, 0.3) is 44.6 Å². The van der Waals surface area contributed by atoms with Gasteiger partial charge in [-0.15, -0.1) is 0 Å². The van der Waals surface area contributed by atoms with Crippen molar-refractivity contribution < 1.29 is 46.3 Å². The Labute approximate surface area is 634 Å². The Kier molecular flexibility index (Phi) is 20.2. The second kappa shape index (κ2) is 29.4. The molecule has 5 aliphatic heterocycles. The Balaban J connectivity index is 0.000000175. The number of carbonyl (C=O) groups excluding carboxylic acids is 5. The number of alkyl halides is 2. The third-order valence-corrected chi connectivity index (χ3v) is 24.4. The second-order valence-electron chi connectivity index (χ2n) is 33.2. The van der Waals surface area contributed by atoms with Gasteiger partial charge in [0.25, 0.3) is 11.8 Å². The minimum absolute atomic E-state index is 0.0204. The number of carbonyl (C=O) groups is 5. The number of hydrogen-bond acceptors (Lipinski definition) is 14. The molecule has 576 valence electrons. The number of anilines is 6. The maximum atomic E-state index is 15.6. The number of rotatable bonds is 14. The lowest BCUT2D eigenvalue weighted by Crippen LogP contribution is -2.59. The number of pyridine rings is 2. The van der Waals surface area contributed by atoms with Crippen molar-refractivity contribution >= 4 is 86.2 Å². The van der Waals surface area contributed by atoms with Gasteiger partial charge in [0.05, 0.1) is 57.3 Å². The quantitative estimate of drug-likeness (QED) is 0.0744. The molecule has 4 aromatic heterocycles. The summed E-state index contributed by atoms with van der Waals surface area (Å²) in [6.45, 7) is 20.6. The molecule has 8 aliphatic rings. The summed E-state index contributed by atoms with van der Waals surface area (Å²) in [4.78, 5) is 97.8. The predicted molar refractivity (Wildman–Crippen MR) is 416 cm³/mol. The molecule has 5 amide bonds. The van der Waals surface area contributed by atoms with Crippen molar-refractivity contribution in [3.8, 4) is 22.5 Å². The van der Waals surface area contributed by atoms with Crippen LogP contribution in [0, 0.1) is 25.5 Å². The van der Waals surface area contributed by atoms with Gasteiger partial charge in [0.2, 0.25) is 11.8 Å². The fourth-order valence-electron chi connectivity index (χ4n) is 18.4. The zero-order chi connectivity index (χ0) is 76.9. The van der Waals surface area contributed by atoms with E-state index >= 15 is 8.78 Å². The number of likely N-dealkylation sites (tertiary alicyclic amines) is 3. The van der Waals surface area contributed by atoms with Crippen molar-refractivity contribution in [3.05, 3.63) is 130 Å². The molecule has 3 saturated carbocycles. The van der Waals surface area contributed by atoms with E-state index in [9.17, 15) is 32.8 Å². The van der Waals surface area contributed by atoms with Gasteiger partial charge in [-0.2, -0.15) is 0 Å². The molecule has 3 saturated heterocycles. The number of fused-ring (bicyclic) bond motifs is 6. The van der Waals surface area contributed by atoms with Gasteiger partial charge in [-0.25, -0.2) is 42.3 Å². The number of piperidine rings is 3. The van der Waals surface area contributed by atoms with Crippen molar-refractivity contribution in [3.63, 3.8) is 0 Å². The first kappa shape index (κ1) is 74.9. The minimum Gasteiger partial charge on any atom is -0.444 e. The summed E-state index contributed by atoms with van der Waals surface area (Å²) in [6, 6.07) is 22.5. The number of aryl methyl sites for hydroxylation is 2. The van der Waals surface area contributed by atoms with Gasteiger partial charge in [-0.3, -0.25) is 29.0 Å². The molecule has 109 heavy (non-hydrogen) atoms. The van der Waals surface area contributed by atoms with Crippen molar-refractivity contribution in [2.75, 3.05) is 73.8 Å². The van der Waals surface area contributed by atoms with Crippen molar-refractivity contribution in [1.82, 2.24) is 54.4 Å². The summed E-state index contributed by atoms with van der Waals surface area (Å²) in [5.41, 5.74) is 9.43. The molecule has 2 spiro atoms. The lowest BCUT2D eigenvalue weighted by molar-refractivity contribution is -0.126. The summed E-state index contributed by atoms with van der Waals surface area (Å²) in [5, 5.41) is 11.7. The SMILES string of the molecule is CNC(=O)c1cc(Nc2nc(-c3ccc4c(c3)N(C3CC(N5CCC[C@@H](F)C5)C3)C(=O)C43CCCCC3)cc3ncn(C(C)C)c23)c(F)cc1C.CNC(=O)c1cc(Nc2nc(-c3ccc4c(c3)N(C3CC(N5CCC[C@@H](F)C5)C3)C(=O)C43CCN(C(=O)OC(C)(C)C)CC3)cc3ncn(C(C)C)c23)c(F)cc1C. The second-order valence-corrected chi connectivity index (χ2v) is 33.2. The van der Waals surface area contributed by atoms with Gasteiger partial charge in [0, 0.05) is 110 Å². The van der Waals surface area contributed by atoms with Crippen LogP contribution in [0.3, 0.4) is 0 Å². The first-order valence-corrected chi connectivity index (χ1v) is 39.2. The van der Waals surface area contributed by atoms with Crippen molar-refractivity contribution in [2.24, 2.45) is 0 Å². The fraction of sp³-hybridized carbons (Fsp3) is 0.512. The Bertz CT molecular complexity index is 4890. The molecule has 25 heteroatoms. The molecule has 4 aromatic carbocycles. The Morgan fingerprint density at radius 3 is 1.37 bits per heavy atom. The number of ether oxygens (including phenoxy) is 1. The van der Waals surface area contributed by atoms with Gasteiger partial charge in [0.1, 0.15) is 40.6 Å². The topological polar surface area (TPSA) is 220 Å². The molecule has 8 aromatic rings. The molecule has 16 rings (SSSR count). The fourth-order valence-corrected chi connectivity index (χ4v) is 18.4. The third-order valence-electron chi connectivity index (χ3n) is 24.4. The van der Waals surface area contributed by atoms with E-state index in [1.807, 2.05) is 92.8 Å².